The van der Waals surface area contributed by atoms with Crippen LogP contribution in [0.4, 0.5) is 13.2 Å². The van der Waals surface area contributed by atoms with Gasteiger partial charge < -0.3 is 5.32 Å². The molecule has 0 aromatic carbocycles. The van der Waals surface area contributed by atoms with Gasteiger partial charge in [-0.15, -0.1) is 11.3 Å². The molecule has 1 amide bonds. The molecule has 3 nitrogen and oxygen atoms in total. The molecule has 1 heterocycles. The molecule has 0 unspecified atom stereocenters. The summed E-state index contributed by atoms with van der Waals surface area (Å²) >= 11 is 1.57. The average molecular weight is 362 g/mol. The lowest BCUT2D eigenvalue weighted by Gasteiger charge is -2.18. The highest BCUT2D eigenvalue weighted by Crippen LogP contribution is 2.28. The van der Waals surface area contributed by atoms with E-state index in [9.17, 15) is 18.0 Å². The first kappa shape index (κ1) is 19.2. The summed E-state index contributed by atoms with van der Waals surface area (Å²) in [6.45, 7) is -0.219. The zero-order chi connectivity index (χ0) is 17.6. The lowest BCUT2D eigenvalue weighted by molar-refractivity contribution is -0.143. The summed E-state index contributed by atoms with van der Waals surface area (Å²) in [6, 6.07) is 2.00. The van der Waals surface area contributed by atoms with E-state index < -0.39 is 12.7 Å². The fourth-order valence-electron chi connectivity index (χ4n) is 2.98. The van der Waals surface area contributed by atoms with Crippen LogP contribution in [0.5, 0.6) is 0 Å². The van der Waals surface area contributed by atoms with Crippen LogP contribution in [-0.2, 0) is 12.8 Å². The van der Waals surface area contributed by atoms with Crippen molar-refractivity contribution < 1.29 is 18.0 Å². The molecule has 136 valence electrons. The molecule has 0 bridgehead atoms. The number of thiophene rings is 1. The highest BCUT2D eigenvalue weighted by molar-refractivity contribution is 7.14. The molecule has 0 aliphatic heterocycles. The van der Waals surface area contributed by atoms with Crippen LogP contribution >= 0.6 is 11.3 Å². The van der Waals surface area contributed by atoms with Gasteiger partial charge in [0.05, 0.1) is 11.4 Å². The predicted molar refractivity (Wildman–Crippen MR) is 90.7 cm³/mol. The minimum absolute atomic E-state index is 0.106. The Balaban J connectivity index is 1.76. The number of aryl methyl sites for hydroxylation is 2. The predicted octanol–water partition coefficient (Wildman–Crippen LogP) is 4.02. The van der Waals surface area contributed by atoms with Gasteiger partial charge in [-0.25, -0.2) is 0 Å². The number of carbonyl (C=O) groups is 1. The number of amides is 1. The summed E-state index contributed by atoms with van der Waals surface area (Å²) in [5.74, 6) is -0.106. The van der Waals surface area contributed by atoms with Crippen molar-refractivity contribution in [2.75, 3.05) is 26.7 Å². The van der Waals surface area contributed by atoms with Crippen LogP contribution < -0.4 is 5.32 Å². The Labute approximate surface area is 145 Å². The van der Waals surface area contributed by atoms with Crippen molar-refractivity contribution in [1.82, 2.24) is 10.2 Å². The molecular formula is C17H25F3N2OS. The lowest BCUT2D eigenvalue weighted by Crippen LogP contribution is -2.33. The molecule has 0 spiro atoms. The van der Waals surface area contributed by atoms with Crippen LogP contribution in [0.2, 0.25) is 0 Å². The number of alkyl halides is 3. The minimum Gasteiger partial charge on any atom is -0.351 e. The Morgan fingerprint density at radius 3 is 2.67 bits per heavy atom. The van der Waals surface area contributed by atoms with E-state index in [0.717, 1.165) is 17.7 Å². The highest BCUT2D eigenvalue weighted by Gasteiger charge is 2.28. The number of hydrogen-bond acceptors (Lipinski definition) is 3. The summed E-state index contributed by atoms with van der Waals surface area (Å²) in [7, 11) is 1.44. The van der Waals surface area contributed by atoms with E-state index in [2.05, 4.69) is 5.32 Å². The monoisotopic (exact) mass is 362 g/mol. The summed E-state index contributed by atoms with van der Waals surface area (Å²) in [5, 5.41) is 2.82. The Morgan fingerprint density at radius 2 is 1.96 bits per heavy atom. The Kier molecular flexibility index (Phi) is 7.10. The van der Waals surface area contributed by atoms with Gasteiger partial charge in [0.1, 0.15) is 0 Å². The third kappa shape index (κ3) is 6.43. The maximum atomic E-state index is 12.2. The van der Waals surface area contributed by atoms with Gasteiger partial charge in [-0.2, -0.15) is 13.2 Å². The van der Waals surface area contributed by atoms with E-state index in [1.165, 1.54) is 48.1 Å². The zero-order valence-corrected chi connectivity index (χ0v) is 14.9. The van der Waals surface area contributed by atoms with Gasteiger partial charge in [-0.1, -0.05) is 12.8 Å². The number of halogens is 3. The Morgan fingerprint density at radius 1 is 1.25 bits per heavy atom. The second-order valence-corrected chi connectivity index (χ2v) is 7.57. The van der Waals surface area contributed by atoms with Gasteiger partial charge in [0.2, 0.25) is 0 Å². The van der Waals surface area contributed by atoms with Crippen molar-refractivity contribution in [1.29, 1.82) is 0 Å². The van der Waals surface area contributed by atoms with Crippen molar-refractivity contribution in [2.45, 2.75) is 51.1 Å². The third-order valence-corrected chi connectivity index (χ3v) is 5.41. The van der Waals surface area contributed by atoms with E-state index in [1.807, 2.05) is 6.07 Å². The normalized spacial score (nSPS) is 15.7. The topological polar surface area (TPSA) is 32.3 Å². The molecule has 2 rings (SSSR count). The quantitative estimate of drug-likeness (QED) is 0.775. The first-order valence-corrected chi connectivity index (χ1v) is 9.32. The molecule has 0 saturated carbocycles. The van der Waals surface area contributed by atoms with Crippen molar-refractivity contribution in [2.24, 2.45) is 0 Å². The van der Waals surface area contributed by atoms with Gasteiger partial charge in [0.25, 0.3) is 5.91 Å². The summed E-state index contributed by atoms with van der Waals surface area (Å²) in [5.41, 5.74) is 1.30. The first-order chi connectivity index (χ1) is 11.3. The molecule has 0 atom stereocenters. The molecule has 1 aromatic rings. The van der Waals surface area contributed by atoms with Crippen LogP contribution in [0, 0.1) is 0 Å². The van der Waals surface area contributed by atoms with Crippen LogP contribution in [0.1, 0.15) is 52.2 Å². The molecule has 1 aliphatic carbocycles. The highest BCUT2D eigenvalue weighted by atomic mass is 32.1. The third-order valence-electron chi connectivity index (χ3n) is 4.17. The van der Waals surface area contributed by atoms with Gasteiger partial charge in [-0.3, -0.25) is 9.69 Å². The van der Waals surface area contributed by atoms with E-state index in [1.54, 1.807) is 11.3 Å². The molecule has 7 heteroatoms. The van der Waals surface area contributed by atoms with Crippen LogP contribution in [0.3, 0.4) is 0 Å². The molecule has 1 aromatic heterocycles. The standard InChI is InChI=1S/C17H25F3N2OS/c1-22(12-17(18,19)20)10-6-9-21-16(23)15-11-13-7-4-2-3-5-8-14(13)24-15/h11H,2-10,12H2,1H3,(H,21,23). The number of nitrogens with one attached hydrogen (secondary N) is 1. The van der Waals surface area contributed by atoms with Crippen molar-refractivity contribution in [3.63, 3.8) is 0 Å². The van der Waals surface area contributed by atoms with Crippen molar-refractivity contribution in [3.8, 4) is 0 Å². The maximum Gasteiger partial charge on any atom is 0.401 e. The van der Waals surface area contributed by atoms with Crippen LogP contribution in [0.25, 0.3) is 0 Å². The Bertz CT molecular complexity index is 517. The average Bonchev–Trinajstić information content (AvgIpc) is 2.84. The lowest BCUT2D eigenvalue weighted by atomic mass is 10.00. The zero-order valence-electron chi connectivity index (χ0n) is 14.0. The number of nitrogens with zero attached hydrogens (tertiary/aromatic N) is 1. The summed E-state index contributed by atoms with van der Waals surface area (Å²) in [4.78, 5) is 15.5. The van der Waals surface area contributed by atoms with Crippen molar-refractivity contribution in [3.05, 3.63) is 21.4 Å². The number of hydrogen-bond donors (Lipinski definition) is 1. The van der Waals surface area contributed by atoms with Crippen LogP contribution in [-0.4, -0.2) is 43.7 Å². The SMILES string of the molecule is CN(CCCNC(=O)c1cc2c(s1)CCCCCC2)CC(F)(F)F. The van der Waals surface area contributed by atoms with Crippen LogP contribution in [0.15, 0.2) is 6.07 Å². The van der Waals surface area contributed by atoms with E-state index >= 15 is 0 Å². The molecule has 1 N–H and O–H groups in total. The smallest absolute Gasteiger partial charge is 0.351 e. The summed E-state index contributed by atoms with van der Waals surface area (Å²) in [6.07, 6.45) is 3.29. The molecule has 0 radical (unpaired) electrons. The second kappa shape index (κ2) is 8.85. The van der Waals surface area contributed by atoms with E-state index in [0.29, 0.717) is 19.5 Å². The first-order valence-electron chi connectivity index (χ1n) is 8.50. The van der Waals surface area contributed by atoms with Gasteiger partial charge in [-0.05, 0) is 57.3 Å². The number of carbonyl (C=O) groups excluding carboxylic acids is 1. The fraction of sp³-hybridized carbons (Fsp3) is 0.706. The van der Waals surface area contributed by atoms with E-state index in [-0.39, 0.29) is 5.91 Å². The molecule has 24 heavy (non-hydrogen) atoms. The van der Waals surface area contributed by atoms with Gasteiger partial charge >= 0.3 is 6.18 Å². The van der Waals surface area contributed by atoms with E-state index in [4.69, 9.17) is 0 Å². The molecule has 0 fully saturated rings. The molecule has 1 aliphatic rings. The largest absolute Gasteiger partial charge is 0.401 e. The fourth-order valence-corrected chi connectivity index (χ4v) is 4.15. The molecular weight excluding hydrogens is 337 g/mol. The van der Waals surface area contributed by atoms with Gasteiger partial charge in [0.15, 0.2) is 0 Å². The maximum absolute atomic E-state index is 12.2. The van der Waals surface area contributed by atoms with Gasteiger partial charge in [0, 0.05) is 11.4 Å². The number of fused-ring (bicyclic) bond motifs is 1. The Hall–Kier alpha value is -1.08. The van der Waals surface area contributed by atoms with Crippen molar-refractivity contribution >= 4 is 17.2 Å². The molecule has 0 saturated heterocycles. The summed E-state index contributed by atoms with van der Waals surface area (Å²) < 4.78 is 36.7. The minimum atomic E-state index is -4.18. The second-order valence-electron chi connectivity index (χ2n) is 6.44. The number of rotatable bonds is 6.